The molecule has 31 heavy (non-hydrogen) atoms. The summed E-state index contributed by atoms with van der Waals surface area (Å²) >= 11 is 0. The van der Waals surface area contributed by atoms with E-state index in [4.69, 9.17) is 4.74 Å². The van der Waals surface area contributed by atoms with E-state index in [-0.39, 0.29) is 29.7 Å². The van der Waals surface area contributed by atoms with Crippen molar-refractivity contribution in [3.05, 3.63) is 29.8 Å². The van der Waals surface area contributed by atoms with E-state index >= 15 is 0 Å². The molecule has 0 bridgehead atoms. The van der Waals surface area contributed by atoms with Crippen molar-refractivity contribution in [2.45, 2.75) is 32.5 Å². The summed E-state index contributed by atoms with van der Waals surface area (Å²) in [6.07, 6.45) is -2.08. The number of nitrogens with zero attached hydrogens (tertiary/aromatic N) is 3. The molecule has 1 aliphatic rings. The molecule has 2 rings (SSSR count). The fourth-order valence-corrected chi connectivity index (χ4v) is 3.20. The Morgan fingerprint density at radius 3 is 2.52 bits per heavy atom. The van der Waals surface area contributed by atoms with Crippen LogP contribution in [0.5, 0.6) is 5.75 Å². The number of ether oxygens (including phenoxy) is 1. The first-order valence-corrected chi connectivity index (χ1v) is 10.6. The molecule has 0 saturated carbocycles. The van der Waals surface area contributed by atoms with E-state index in [1.165, 1.54) is 25.1 Å². The molecule has 1 heterocycles. The lowest BCUT2D eigenvalue weighted by Crippen LogP contribution is -2.39. The van der Waals surface area contributed by atoms with Crippen LogP contribution >= 0.6 is 24.0 Å². The molecule has 178 valence electrons. The van der Waals surface area contributed by atoms with Gasteiger partial charge < -0.3 is 25.2 Å². The maximum absolute atomic E-state index is 12.2. The zero-order chi connectivity index (χ0) is 21.8. The lowest BCUT2D eigenvalue weighted by Gasteiger charge is -2.20. The van der Waals surface area contributed by atoms with Gasteiger partial charge in [-0.05, 0) is 64.1 Å². The number of halogens is 4. The van der Waals surface area contributed by atoms with E-state index < -0.39 is 12.8 Å². The summed E-state index contributed by atoms with van der Waals surface area (Å²) in [5.74, 6) is 0.940. The number of alkyl halides is 3. The van der Waals surface area contributed by atoms with E-state index in [0.717, 1.165) is 57.2 Å². The number of hydrogen-bond acceptors (Lipinski definition) is 4. The first-order chi connectivity index (χ1) is 14.4. The molecule has 1 aromatic carbocycles. The van der Waals surface area contributed by atoms with Crippen LogP contribution in [0.15, 0.2) is 29.3 Å². The average Bonchev–Trinajstić information content (AvgIpc) is 2.92. The number of benzene rings is 1. The molecule has 1 aromatic rings. The topological polar surface area (TPSA) is 52.1 Å². The second kappa shape index (κ2) is 14.7. The van der Waals surface area contributed by atoms with Gasteiger partial charge in [-0.15, -0.1) is 24.0 Å². The summed E-state index contributed by atoms with van der Waals surface area (Å²) in [7, 11) is 2.17. The number of hydrogen-bond donors (Lipinski definition) is 2. The highest BCUT2D eigenvalue weighted by Crippen LogP contribution is 2.19. The smallest absolute Gasteiger partial charge is 0.422 e. The van der Waals surface area contributed by atoms with Crippen molar-refractivity contribution in [1.29, 1.82) is 0 Å². The number of guanidine groups is 1. The molecule has 0 aromatic heterocycles. The molecule has 0 aliphatic carbocycles. The number of aliphatic imine (C=N–C) groups is 1. The Hall–Kier alpha value is -1.27. The van der Waals surface area contributed by atoms with Crippen LogP contribution in [0.1, 0.15) is 25.3 Å². The van der Waals surface area contributed by atoms with E-state index in [2.05, 4.69) is 32.5 Å². The molecular formula is C21H35F3IN5O. The minimum atomic E-state index is -4.33. The van der Waals surface area contributed by atoms with E-state index in [1.54, 1.807) is 12.1 Å². The Morgan fingerprint density at radius 2 is 1.84 bits per heavy atom. The summed E-state index contributed by atoms with van der Waals surface area (Å²) < 4.78 is 41.4. The molecule has 0 amide bonds. The second-order valence-electron chi connectivity index (χ2n) is 7.52. The lowest BCUT2D eigenvalue weighted by molar-refractivity contribution is -0.153. The van der Waals surface area contributed by atoms with Gasteiger partial charge in [0.1, 0.15) is 5.75 Å². The highest BCUT2D eigenvalue weighted by atomic mass is 127. The third-order valence-corrected chi connectivity index (χ3v) is 4.85. The minimum Gasteiger partial charge on any atom is -0.484 e. The van der Waals surface area contributed by atoms with Crippen LogP contribution in [0, 0.1) is 0 Å². The maximum Gasteiger partial charge on any atom is 0.422 e. The fraction of sp³-hybridized carbons (Fsp3) is 0.667. The van der Waals surface area contributed by atoms with Gasteiger partial charge in [-0.3, -0.25) is 0 Å². The zero-order valence-corrected chi connectivity index (χ0v) is 20.7. The van der Waals surface area contributed by atoms with Crippen LogP contribution in [0.2, 0.25) is 0 Å². The third-order valence-electron chi connectivity index (χ3n) is 4.85. The molecule has 0 radical (unpaired) electrons. The molecule has 2 N–H and O–H groups in total. The van der Waals surface area contributed by atoms with Crippen LogP contribution in [-0.4, -0.2) is 81.4 Å². The third kappa shape index (κ3) is 12.4. The molecule has 1 saturated heterocycles. The summed E-state index contributed by atoms with van der Waals surface area (Å²) in [6, 6.07) is 6.54. The number of rotatable bonds is 9. The van der Waals surface area contributed by atoms with Crippen LogP contribution < -0.4 is 15.4 Å². The Labute approximate surface area is 200 Å². The molecule has 1 fully saturated rings. The maximum atomic E-state index is 12.2. The second-order valence-corrected chi connectivity index (χ2v) is 7.52. The Bertz CT molecular complexity index is 643. The van der Waals surface area contributed by atoms with Gasteiger partial charge in [-0.2, -0.15) is 13.2 Å². The minimum absolute atomic E-state index is 0. The predicted octanol–water partition coefficient (Wildman–Crippen LogP) is 3.33. The van der Waals surface area contributed by atoms with Crippen molar-refractivity contribution in [2.24, 2.45) is 4.99 Å². The van der Waals surface area contributed by atoms with Gasteiger partial charge in [0.15, 0.2) is 12.6 Å². The van der Waals surface area contributed by atoms with Crippen LogP contribution in [0.4, 0.5) is 13.2 Å². The highest BCUT2D eigenvalue weighted by Gasteiger charge is 2.28. The van der Waals surface area contributed by atoms with Crippen molar-refractivity contribution in [3.8, 4) is 5.75 Å². The quantitative estimate of drug-likeness (QED) is 0.211. The van der Waals surface area contributed by atoms with Crippen molar-refractivity contribution in [1.82, 2.24) is 20.4 Å². The summed E-state index contributed by atoms with van der Waals surface area (Å²) in [5, 5.41) is 6.58. The Balaban J connectivity index is 0.00000480. The van der Waals surface area contributed by atoms with Crippen molar-refractivity contribution < 1.29 is 17.9 Å². The molecule has 10 heteroatoms. The molecule has 6 nitrogen and oxygen atoms in total. The van der Waals surface area contributed by atoms with Gasteiger partial charge in [0.05, 0.1) is 6.54 Å². The van der Waals surface area contributed by atoms with E-state index in [9.17, 15) is 13.2 Å². The number of likely N-dealkylation sites (N-methyl/N-ethyl adjacent to an activating group) is 1. The van der Waals surface area contributed by atoms with Gasteiger partial charge >= 0.3 is 6.18 Å². The molecule has 0 atom stereocenters. The van der Waals surface area contributed by atoms with Gasteiger partial charge in [-0.1, -0.05) is 12.1 Å². The largest absolute Gasteiger partial charge is 0.484 e. The van der Waals surface area contributed by atoms with Crippen LogP contribution in [0.25, 0.3) is 0 Å². The van der Waals surface area contributed by atoms with Crippen molar-refractivity contribution >= 4 is 29.9 Å². The summed E-state index contributed by atoms with van der Waals surface area (Å²) in [6.45, 7) is 8.39. The first kappa shape index (κ1) is 27.8. The monoisotopic (exact) mass is 557 g/mol. The van der Waals surface area contributed by atoms with Gasteiger partial charge in [-0.25, -0.2) is 4.99 Å². The zero-order valence-electron chi connectivity index (χ0n) is 18.4. The number of nitrogens with one attached hydrogen (secondary N) is 2. The van der Waals surface area contributed by atoms with E-state index in [1.807, 2.05) is 6.92 Å². The van der Waals surface area contributed by atoms with Crippen molar-refractivity contribution in [2.75, 3.05) is 59.5 Å². The Kier molecular flexibility index (Phi) is 13.2. The standard InChI is InChI=1S/C21H34F3N5O.HI/c1-3-25-20(26-10-4-12-29-13-5-11-28(2)14-15-29)27-16-18-6-8-19(9-7-18)30-17-21(22,23)24;/h6-9H,3-5,10-17H2,1-2H3,(H2,25,26,27);1H. The molecule has 0 spiro atoms. The summed E-state index contributed by atoms with van der Waals surface area (Å²) in [5.41, 5.74) is 0.903. The Morgan fingerprint density at radius 1 is 1.10 bits per heavy atom. The fourth-order valence-electron chi connectivity index (χ4n) is 3.20. The highest BCUT2D eigenvalue weighted by molar-refractivity contribution is 14.0. The van der Waals surface area contributed by atoms with Crippen LogP contribution in [-0.2, 0) is 6.54 Å². The molecule has 0 unspecified atom stereocenters. The van der Waals surface area contributed by atoms with Crippen molar-refractivity contribution in [3.63, 3.8) is 0 Å². The lowest BCUT2D eigenvalue weighted by atomic mass is 10.2. The van der Waals surface area contributed by atoms with E-state index in [0.29, 0.717) is 6.54 Å². The SMILES string of the molecule is CCNC(=NCc1ccc(OCC(F)(F)F)cc1)NCCCN1CCCN(C)CC1.I. The normalized spacial score (nSPS) is 16.4. The van der Waals surface area contributed by atoms with Gasteiger partial charge in [0.2, 0.25) is 0 Å². The first-order valence-electron chi connectivity index (χ1n) is 10.6. The predicted molar refractivity (Wildman–Crippen MR) is 129 cm³/mol. The van der Waals surface area contributed by atoms with Gasteiger partial charge in [0, 0.05) is 26.2 Å². The van der Waals surface area contributed by atoms with Gasteiger partial charge in [0.25, 0.3) is 0 Å². The average molecular weight is 557 g/mol. The molecule has 1 aliphatic heterocycles. The molecular weight excluding hydrogens is 522 g/mol. The summed E-state index contributed by atoms with van der Waals surface area (Å²) in [4.78, 5) is 9.45. The van der Waals surface area contributed by atoms with Crippen LogP contribution in [0.3, 0.4) is 0 Å².